The van der Waals surface area contributed by atoms with E-state index in [0.717, 1.165) is 46.2 Å². The fourth-order valence-corrected chi connectivity index (χ4v) is 4.57. The lowest BCUT2D eigenvalue weighted by Gasteiger charge is -2.30. The third-order valence-electron chi connectivity index (χ3n) is 6.23. The van der Waals surface area contributed by atoms with Crippen LogP contribution in [0.25, 0.3) is 0 Å². The van der Waals surface area contributed by atoms with Crippen molar-refractivity contribution in [1.82, 2.24) is 10.2 Å². The van der Waals surface area contributed by atoms with E-state index in [1.54, 1.807) is 0 Å². The molecule has 0 saturated heterocycles. The molecule has 2 atom stereocenters. The SMILES string of the molecule is C=C(C)/C=C\C(Cl)=C(/C)NC(C)c1ccc(C)cc1Cl.CCCC=O.CCCCC(CC)N(CCC)CCC. The molecule has 0 amide bonds. The quantitative estimate of drug-likeness (QED) is 0.156. The average Bonchev–Trinajstić information content (AvgIpc) is 2.89. The van der Waals surface area contributed by atoms with Gasteiger partial charge in [-0.1, -0.05) is 101 Å². The number of hydrogen-bond donors (Lipinski definition) is 1. The van der Waals surface area contributed by atoms with E-state index < -0.39 is 0 Å². The molecular formula is C34H58Cl2N2O. The second-order valence-corrected chi connectivity index (χ2v) is 11.1. The van der Waals surface area contributed by atoms with E-state index in [1.165, 1.54) is 51.6 Å². The number of carbonyl (C=O) groups excluding carboxylic acids is 1. The van der Waals surface area contributed by atoms with Crippen LogP contribution in [0.1, 0.15) is 124 Å². The van der Waals surface area contributed by atoms with Crippen LogP contribution >= 0.6 is 23.2 Å². The zero-order valence-corrected chi connectivity index (χ0v) is 28.0. The number of benzene rings is 1. The Morgan fingerprint density at radius 3 is 2.05 bits per heavy atom. The number of allylic oxidation sites excluding steroid dienone is 5. The summed E-state index contributed by atoms with van der Waals surface area (Å²) in [5, 5.41) is 4.80. The van der Waals surface area contributed by atoms with E-state index in [-0.39, 0.29) is 6.04 Å². The maximum absolute atomic E-state index is 9.40. The Bertz CT molecular complexity index is 842. The summed E-state index contributed by atoms with van der Waals surface area (Å²) in [4.78, 5) is 12.1. The third kappa shape index (κ3) is 20.0. The monoisotopic (exact) mass is 580 g/mol. The standard InChI is InChI=1S/C17H21Cl2N.C13H29N.C4H8O/c1-11(2)6-9-16(18)14(5)20-13(4)15-8-7-12(3)10-17(15)19;1-5-9-10-13(8-4)14(11-6-2)12-7-3;1-2-3-4-5/h6-10,13,20H,1H2,2-5H3;13H,5-12H2,1-4H3;4H,2-3H2,1H3/b9-6-,16-14-;;. The summed E-state index contributed by atoms with van der Waals surface area (Å²) in [6.45, 7) is 25.5. The van der Waals surface area contributed by atoms with Gasteiger partial charge in [-0.2, -0.15) is 0 Å². The first-order valence-corrected chi connectivity index (χ1v) is 15.7. The number of unbranched alkanes of at least 4 members (excludes halogenated alkanes) is 2. The van der Waals surface area contributed by atoms with Gasteiger partial charge >= 0.3 is 0 Å². The van der Waals surface area contributed by atoms with Crippen molar-refractivity contribution in [3.63, 3.8) is 0 Å². The maximum Gasteiger partial charge on any atom is 0.119 e. The van der Waals surface area contributed by atoms with Gasteiger partial charge in [0.15, 0.2) is 0 Å². The molecule has 0 heterocycles. The van der Waals surface area contributed by atoms with E-state index >= 15 is 0 Å². The molecule has 0 aliphatic rings. The molecular weight excluding hydrogens is 523 g/mol. The molecule has 1 N–H and O–H groups in total. The zero-order valence-electron chi connectivity index (χ0n) is 26.5. The smallest absolute Gasteiger partial charge is 0.119 e. The number of halogens is 2. The predicted octanol–water partition coefficient (Wildman–Crippen LogP) is 11.0. The van der Waals surface area contributed by atoms with Gasteiger partial charge < -0.3 is 15.0 Å². The van der Waals surface area contributed by atoms with Crippen LogP contribution in [-0.2, 0) is 4.79 Å². The van der Waals surface area contributed by atoms with Crippen LogP contribution in [0.3, 0.4) is 0 Å². The summed E-state index contributed by atoms with van der Waals surface area (Å²) in [7, 11) is 0. The molecule has 5 heteroatoms. The summed E-state index contributed by atoms with van der Waals surface area (Å²) in [6.07, 6.45) is 14.4. The molecule has 1 rings (SSSR count). The second kappa shape index (κ2) is 25.4. The number of rotatable bonds is 16. The van der Waals surface area contributed by atoms with Crippen molar-refractivity contribution < 1.29 is 4.79 Å². The summed E-state index contributed by atoms with van der Waals surface area (Å²) in [6, 6.07) is 7.00. The minimum atomic E-state index is 0.0927. The number of carbonyl (C=O) groups is 1. The first-order chi connectivity index (χ1) is 18.5. The van der Waals surface area contributed by atoms with Gasteiger partial charge in [0.25, 0.3) is 0 Å². The van der Waals surface area contributed by atoms with E-state index in [0.29, 0.717) is 11.5 Å². The molecule has 0 aromatic heterocycles. The van der Waals surface area contributed by atoms with Crippen LogP contribution in [0.15, 0.2) is 53.2 Å². The Morgan fingerprint density at radius 2 is 1.64 bits per heavy atom. The first kappa shape index (κ1) is 39.6. The van der Waals surface area contributed by atoms with Gasteiger partial charge in [0.2, 0.25) is 0 Å². The van der Waals surface area contributed by atoms with Gasteiger partial charge in [0.1, 0.15) is 6.29 Å². The lowest BCUT2D eigenvalue weighted by molar-refractivity contribution is -0.107. The van der Waals surface area contributed by atoms with Crippen molar-refractivity contribution in [3.8, 4) is 0 Å². The van der Waals surface area contributed by atoms with Crippen LogP contribution < -0.4 is 5.32 Å². The molecule has 0 saturated carbocycles. The Morgan fingerprint density at radius 1 is 1.03 bits per heavy atom. The topological polar surface area (TPSA) is 32.3 Å². The Balaban J connectivity index is 0. The lowest BCUT2D eigenvalue weighted by Crippen LogP contribution is -2.36. The Kier molecular flexibility index (Phi) is 25.8. The largest absolute Gasteiger partial charge is 0.381 e. The van der Waals surface area contributed by atoms with Crippen LogP contribution in [0.5, 0.6) is 0 Å². The minimum Gasteiger partial charge on any atom is -0.381 e. The average molecular weight is 582 g/mol. The van der Waals surface area contributed by atoms with Gasteiger partial charge in [-0.3, -0.25) is 0 Å². The van der Waals surface area contributed by atoms with Crippen molar-refractivity contribution in [1.29, 1.82) is 0 Å². The summed E-state index contributed by atoms with van der Waals surface area (Å²) in [5.74, 6) is 0. The molecule has 1 aromatic carbocycles. The van der Waals surface area contributed by atoms with E-state index in [1.807, 2.05) is 52.0 Å². The molecule has 0 aliphatic carbocycles. The summed E-state index contributed by atoms with van der Waals surface area (Å²) >= 11 is 12.5. The predicted molar refractivity (Wildman–Crippen MR) is 177 cm³/mol. The molecule has 0 aliphatic heterocycles. The van der Waals surface area contributed by atoms with Crippen molar-refractivity contribution in [2.24, 2.45) is 0 Å². The molecule has 39 heavy (non-hydrogen) atoms. The third-order valence-corrected chi connectivity index (χ3v) is 6.97. The van der Waals surface area contributed by atoms with Gasteiger partial charge in [-0.05, 0) is 96.2 Å². The van der Waals surface area contributed by atoms with Crippen molar-refractivity contribution in [2.75, 3.05) is 13.1 Å². The van der Waals surface area contributed by atoms with Gasteiger partial charge in [0, 0.05) is 29.2 Å². The minimum absolute atomic E-state index is 0.0927. The number of nitrogens with one attached hydrogen (secondary N) is 1. The van der Waals surface area contributed by atoms with E-state index in [9.17, 15) is 4.79 Å². The molecule has 0 fully saturated rings. The van der Waals surface area contributed by atoms with Crippen LogP contribution in [-0.4, -0.2) is 30.3 Å². The number of aldehydes is 1. The molecule has 224 valence electrons. The Labute approximate surface area is 252 Å². The van der Waals surface area contributed by atoms with Gasteiger partial charge in [-0.15, -0.1) is 0 Å². The first-order valence-electron chi connectivity index (χ1n) is 14.9. The van der Waals surface area contributed by atoms with Crippen molar-refractivity contribution >= 4 is 29.5 Å². The highest BCUT2D eigenvalue weighted by molar-refractivity contribution is 6.32. The Hall–Kier alpha value is -1.55. The molecule has 0 spiro atoms. The fourth-order valence-electron chi connectivity index (χ4n) is 4.05. The highest BCUT2D eigenvalue weighted by Gasteiger charge is 2.14. The normalized spacial score (nSPS) is 13.0. The van der Waals surface area contributed by atoms with E-state index in [2.05, 4.69) is 57.5 Å². The summed E-state index contributed by atoms with van der Waals surface area (Å²) in [5.41, 5.74) is 4.09. The van der Waals surface area contributed by atoms with Gasteiger partial charge in [0.05, 0.1) is 5.03 Å². The molecule has 3 nitrogen and oxygen atoms in total. The number of nitrogens with zero attached hydrogens (tertiary/aromatic N) is 1. The van der Waals surface area contributed by atoms with Crippen molar-refractivity contribution in [2.45, 2.75) is 126 Å². The number of aryl methyl sites for hydroxylation is 1. The molecule has 1 aromatic rings. The van der Waals surface area contributed by atoms with Crippen LogP contribution in [0.2, 0.25) is 5.02 Å². The molecule has 0 bridgehead atoms. The van der Waals surface area contributed by atoms with Crippen LogP contribution in [0.4, 0.5) is 0 Å². The zero-order chi connectivity index (χ0) is 30.2. The van der Waals surface area contributed by atoms with E-state index in [4.69, 9.17) is 23.2 Å². The lowest BCUT2D eigenvalue weighted by atomic mass is 10.1. The van der Waals surface area contributed by atoms with Gasteiger partial charge in [-0.25, -0.2) is 0 Å². The van der Waals surface area contributed by atoms with Crippen molar-refractivity contribution in [3.05, 3.63) is 69.4 Å². The number of hydrogen-bond acceptors (Lipinski definition) is 3. The second-order valence-electron chi connectivity index (χ2n) is 10.2. The summed E-state index contributed by atoms with van der Waals surface area (Å²) < 4.78 is 0. The highest BCUT2D eigenvalue weighted by Crippen LogP contribution is 2.25. The maximum atomic E-state index is 9.40. The highest BCUT2D eigenvalue weighted by atomic mass is 35.5. The molecule has 0 radical (unpaired) electrons. The van der Waals surface area contributed by atoms with Crippen LogP contribution in [0, 0.1) is 6.92 Å². The fraction of sp³-hybridized carbons (Fsp3) is 0.618. The molecule has 2 unspecified atom stereocenters.